The summed E-state index contributed by atoms with van der Waals surface area (Å²) in [6.07, 6.45) is 1.68. The lowest BCUT2D eigenvalue weighted by atomic mass is 10.1. The monoisotopic (exact) mass is 567 g/mol. The van der Waals surface area contributed by atoms with E-state index in [4.69, 9.17) is 17.0 Å². The SMILES string of the molecule is CC(C)CCOc1ccc(C(=O)NC(=S)Nc2ccccc2C(=O)NCCc2ccccc2)cc1Br. The van der Waals surface area contributed by atoms with E-state index in [9.17, 15) is 9.59 Å². The van der Waals surface area contributed by atoms with Crippen molar-refractivity contribution in [3.05, 3.63) is 94.0 Å². The largest absolute Gasteiger partial charge is 0.492 e. The van der Waals surface area contributed by atoms with Gasteiger partial charge in [-0.25, -0.2) is 0 Å². The minimum Gasteiger partial charge on any atom is -0.492 e. The number of hydrogen-bond acceptors (Lipinski definition) is 4. The molecule has 188 valence electrons. The molecule has 0 spiro atoms. The van der Waals surface area contributed by atoms with Crippen molar-refractivity contribution in [2.24, 2.45) is 5.92 Å². The molecular formula is C28H30BrN3O3S. The number of thiocarbonyl (C=S) groups is 1. The Kier molecular flexibility index (Phi) is 10.5. The molecule has 0 unspecified atom stereocenters. The first-order valence-electron chi connectivity index (χ1n) is 11.8. The second-order valence-corrected chi connectivity index (χ2v) is 9.88. The zero-order valence-corrected chi connectivity index (χ0v) is 22.7. The molecule has 0 saturated heterocycles. The average Bonchev–Trinajstić information content (AvgIpc) is 2.85. The first kappa shape index (κ1) is 27.4. The first-order valence-corrected chi connectivity index (χ1v) is 13.0. The number of nitrogens with one attached hydrogen (secondary N) is 3. The fourth-order valence-corrected chi connectivity index (χ4v) is 4.04. The van der Waals surface area contributed by atoms with Gasteiger partial charge in [-0.2, -0.15) is 0 Å². The molecule has 0 aliphatic heterocycles. The summed E-state index contributed by atoms with van der Waals surface area (Å²) in [4.78, 5) is 25.5. The quantitative estimate of drug-likeness (QED) is 0.263. The number of carbonyl (C=O) groups is 2. The number of rotatable bonds is 10. The van der Waals surface area contributed by atoms with E-state index in [2.05, 4.69) is 45.7 Å². The maximum Gasteiger partial charge on any atom is 0.257 e. The first-order chi connectivity index (χ1) is 17.3. The van der Waals surface area contributed by atoms with Gasteiger partial charge in [-0.1, -0.05) is 56.3 Å². The Morgan fingerprint density at radius 2 is 1.69 bits per heavy atom. The molecule has 0 heterocycles. The van der Waals surface area contributed by atoms with Crippen molar-refractivity contribution in [3.63, 3.8) is 0 Å². The number of hydrogen-bond donors (Lipinski definition) is 3. The maximum absolute atomic E-state index is 12.8. The van der Waals surface area contributed by atoms with Crippen LogP contribution in [-0.2, 0) is 6.42 Å². The molecule has 0 aromatic heterocycles. The normalized spacial score (nSPS) is 10.6. The van der Waals surface area contributed by atoms with Crippen LogP contribution in [0.1, 0.15) is 46.5 Å². The predicted molar refractivity (Wildman–Crippen MR) is 152 cm³/mol. The van der Waals surface area contributed by atoms with E-state index < -0.39 is 0 Å². The van der Waals surface area contributed by atoms with Crippen LogP contribution in [0.3, 0.4) is 0 Å². The van der Waals surface area contributed by atoms with E-state index in [0.717, 1.165) is 18.4 Å². The minimum absolute atomic E-state index is 0.0953. The average molecular weight is 569 g/mol. The highest BCUT2D eigenvalue weighted by Gasteiger charge is 2.14. The summed E-state index contributed by atoms with van der Waals surface area (Å²) in [7, 11) is 0. The van der Waals surface area contributed by atoms with E-state index in [-0.39, 0.29) is 16.9 Å². The van der Waals surface area contributed by atoms with Crippen LogP contribution in [0.4, 0.5) is 5.69 Å². The highest BCUT2D eigenvalue weighted by molar-refractivity contribution is 9.10. The van der Waals surface area contributed by atoms with Gasteiger partial charge in [0.1, 0.15) is 5.75 Å². The Hall–Kier alpha value is -3.23. The van der Waals surface area contributed by atoms with Gasteiger partial charge in [0.2, 0.25) is 0 Å². The number of carbonyl (C=O) groups excluding carboxylic acids is 2. The maximum atomic E-state index is 12.8. The molecule has 0 saturated carbocycles. The summed E-state index contributed by atoms with van der Waals surface area (Å²) >= 11 is 8.80. The fourth-order valence-electron chi connectivity index (χ4n) is 3.34. The molecule has 0 fully saturated rings. The molecule has 0 bridgehead atoms. The lowest BCUT2D eigenvalue weighted by Crippen LogP contribution is -2.35. The van der Waals surface area contributed by atoms with Crippen molar-refractivity contribution in [2.45, 2.75) is 26.7 Å². The number of amides is 2. The van der Waals surface area contributed by atoms with Crippen LogP contribution >= 0.6 is 28.1 Å². The standard InChI is InChI=1S/C28H30BrN3O3S/c1-19(2)15-17-35-25-13-12-21(18-23(25)29)26(33)32-28(36)31-24-11-7-6-10-22(24)27(34)30-16-14-20-8-4-3-5-9-20/h3-13,18-19H,14-17H2,1-2H3,(H,30,34)(H2,31,32,33,36). The van der Waals surface area contributed by atoms with E-state index in [0.29, 0.717) is 46.1 Å². The molecule has 0 aliphatic rings. The van der Waals surface area contributed by atoms with Gasteiger partial charge in [-0.15, -0.1) is 0 Å². The van der Waals surface area contributed by atoms with Crippen LogP contribution in [0, 0.1) is 5.92 Å². The summed E-state index contributed by atoms with van der Waals surface area (Å²) in [5, 5.41) is 8.66. The van der Waals surface area contributed by atoms with Gasteiger partial charge in [0.05, 0.1) is 22.3 Å². The van der Waals surface area contributed by atoms with Crippen LogP contribution in [0.5, 0.6) is 5.75 Å². The van der Waals surface area contributed by atoms with Crippen molar-refractivity contribution >= 4 is 50.8 Å². The van der Waals surface area contributed by atoms with Crippen LogP contribution in [0.2, 0.25) is 0 Å². The Balaban J connectivity index is 1.55. The second kappa shape index (κ2) is 13.8. The Morgan fingerprint density at radius 1 is 0.972 bits per heavy atom. The smallest absolute Gasteiger partial charge is 0.257 e. The zero-order valence-electron chi connectivity index (χ0n) is 20.3. The summed E-state index contributed by atoms with van der Waals surface area (Å²) in [6, 6.07) is 22.1. The van der Waals surface area contributed by atoms with Crippen LogP contribution in [0.25, 0.3) is 0 Å². The molecule has 0 aliphatic carbocycles. The Bertz CT molecular complexity index is 1200. The van der Waals surface area contributed by atoms with Gasteiger partial charge in [0.25, 0.3) is 11.8 Å². The van der Waals surface area contributed by atoms with Crippen molar-refractivity contribution in [1.29, 1.82) is 0 Å². The second-order valence-electron chi connectivity index (χ2n) is 8.62. The molecule has 36 heavy (non-hydrogen) atoms. The lowest BCUT2D eigenvalue weighted by Gasteiger charge is -2.14. The highest BCUT2D eigenvalue weighted by Crippen LogP contribution is 2.26. The van der Waals surface area contributed by atoms with Gasteiger partial charge in [-0.05, 0) is 82.8 Å². The fraction of sp³-hybridized carbons (Fsp3) is 0.250. The van der Waals surface area contributed by atoms with E-state index in [1.165, 1.54) is 0 Å². The van der Waals surface area contributed by atoms with Crippen LogP contribution in [-0.4, -0.2) is 30.1 Å². The van der Waals surface area contributed by atoms with E-state index in [1.54, 1.807) is 42.5 Å². The number of benzene rings is 3. The number of ether oxygens (including phenoxy) is 1. The third kappa shape index (κ3) is 8.46. The van der Waals surface area contributed by atoms with Gasteiger partial charge in [0, 0.05) is 12.1 Å². The number of halogens is 1. The van der Waals surface area contributed by atoms with Crippen molar-refractivity contribution in [3.8, 4) is 5.75 Å². The lowest BCUT2D eigenvalue weighted by molar-refractivity contribution is 0.0953. The molecule has 0 radical (unpaired) electrons. The van der Waals surface area contributed by atoms with E-state index >= 15 is 0 Å². The summed E-state index contributed by atoms with van der Waals surface area (Å²) in [5.41, 5.74) is 2.52. The summed E-state index contributed by atoms with van der Waals surface area (Å²) < 4.78 is 6.47. The predicted octanol–water partition coefficient (Wildman–Crippen LogP) is 5.97. The van der Waals surface area contributed by atoms with Crippen LogP contribution < -0.4 is 20.7 Å². The molecule has 6 nitrogen and oxygen atoms in total. The molecule has 8 heteroatoms. The van der Waals surface area contributed by atoms with Gasteiger partial charge in [0.15, 0.2) is 5.11 Å². The molecule has 3 N–H and O–H groups in total. The molecule has 2 amide bonds. The zero-order chi connectivity index (χ0) is 25.9. The summed E-state index contributed by atoms with van der Waals surface area (Å²) in [6.45, 7) is 5.39. The van der Waals surface area contributed by atoms with Gasteiger partial charge in [-0.3, -0.25) is 14.9 Å². The number of para-hydroxylation sites is 1. The van der Waals surface area contributed by atoms with Gasteiger partial charge < -0.3 is 15.4 Å². The third-order valence-corrected chi connectivity index (χ3v) is 6.16. The molecule has 3 aromatic rings. The van der Waals surface area contributed by atoms with Crippen molar-refractivity contribution in [2.75, 3.05) is 18.5 Å². The molecule has 3 aromatic carbocycles. The minimum atomic E-state index is -0.369. The Morgan fingerprint density at radius 3 is 2.42 bits per heavy atom. The third-order valence-electron chi connectivity index (χ3n) is 5.34. The molecular weight excluding hydrogens is 538 g/mol. The molecule has 3 rings (SSSR count). The summed E-state index contributed by atoms with van der Waals surface area (Å²) in [5.74, 6) is 0.639. The Labute approximate surface area is 226 Å². The topological polar surface area (TPSA) is 79.5 Å². The van der Waals surface area contributed by atoms with Gasteiger partial charge >= 0.3 is 0 Å². The number of anilines is 1. The van der Waals surface area contributed by atoms with Crippen LogP contribution in [0.15, 0.2) is 77.3 Å². The van der Waals surface area contributed by atoms with E-state index in [1.807, 2.05) is 30.3 Å². The van der Waals surface area contributed by atoms with Crippen molar-refractivity contribution in [1.82, 2.24) is 10.6 Å². The molecule has 0 atom stereocenters. The highest BCUT2D eigenvalue weighted by atomic mass is 79.9. The van der Waals surface area contributed by atoms with Crippen molar-refractivity contribution < 1.29 is 14.3 Å².